The largest absolute Gasteiger partial charge is 0.495 e. The number of aliphatic hydroxyl groups excluding tert-OH is 1. The number of benzene rings is 1. The van der Waals surface area contributed by atoms with Crippen LogP contribution < -0.4 is 4.74 Å². The molecular weight excluding hydrogens is 238 g/mol. The molecule has 1 aromatic heterocycles. The summed E-state index contributed by atoms with van der Waals surface area (Å²) in [7, 11) is 1.59. The van der Waals surface area contributed by atoms with Crippen LogP contribution in [0.3, 0.4) is 0 Å². The lowest BCUT2D eigenvalue weighted by molar-refractivity contribution is 0.173. The summed E-state index contributed by atoms with van der Waals surface area (Å²) >= 11 is 0. The standard InChI is InChI=1S/C16H19NO2/c1-11-4-5-12(2)13(8-11)9-15(18)14-6-7-17-10-16(14)19-3/h4-8,10,15,18H,9H2,1-3H3. The molecule has 1 unspecified atom stereocenters. The smallest absolute Gasteiger partial charge is 0.142 e. The zero-order valence-corrected chi connectivity index (χ0v) is 11.6. The van der Waals surface area contributed by atoms with Crippen LogP contribution in [0.5, 0.6) is 5.75 Å². The van der Waals surface area contributed by atoms with E-state index < -0.39 is 6.10 Å². The highest BCUT2D eigenvalue weighted by atomic mass is 16.5. The van der Waals surface area contributed by atoms with E-state index in [4.69, 9.17) is 4.74 Å². The van der Waals surface area contributed by atoms with Gasteiger partial charge in [0.25, 0.3) is 0 Å². The molecule has 0 saturated carbocycles. The molecule has 0 amide bonds. The van der Waals surface area contributed by atoms with Gasteiger partial charge in [0.2, 0.25) is 0 Å². The van der Waals surface area contributed by atoms with Crippen molar-refractivity contribution in [2.75, 3.05) is 7.11 Å². The lowest BCUT2D eigenvalue weighted by atomic mass is 9.97. The second-order valence-electron chi connectivity index (χ2n) is 4.77. The second kappa shape index (κ2) is 5.85. The van der Waals surface area contributed by atoms with Crippen LogP contribution in [0.2, 0.25) is 0 Å². The lowest BCUT2D eigenvalue weighted by Crippen LogP contribution is -2.05. The van der Waals surface area contributed by atoms with Crippen LogP contribution in [0.15, 0.2) is 36.7 Å². The zero-order valence-electron chi connectivity index (χ0n) is 11.6. The van der Waals surface area contributed by atoms with Gasteiger partial charge in [-0.15, -0.1) is 0 Å². The van der Waals surface area contributed by atoms with Crippen LogP contribution in [0, 0.1) is 13.8 Å². The SMILES string of the molecule is COc1cnccc1C(O)Cc1cc(C)ccc1C. The molecule has 1 N–H and O–H groups in total. The molecule has 0 aliphatic heterocycles. The average molecular weight is 257 g/mol. The number of aryl methyl sites for hydroxylation is 2. The highest BCUT2D eigenvalue weighted by Crippen LogP contribution is 2.27. The van der Waals surface area contributed by atoms with Crippen LogP contribution in [0.25, 0.3) is 0 Å². The molecular formula is C16H19NO2. The van der Waals surface area contributed by atoms with Crippen LogP contribution in [-0.4, -0.2) is 17.2 Å². The Labute approximate surface area is 113 Å². The zero-order chi connectivity index (χ0) is 13.8. The van der Waals surface area contributed by atoms with Crippen LogP contribution in [0.4, 0.5) is 0 Å². The summed E-state index contributed by atoms with van der Waals surface area (Å²) in [6, 6.07) is 8.08. The third kappa shape index (κ3) is 3.12. The molecule has 2 rings (SSSR count). The average Bonchev–Trinajstić information content (AvgIpc) is 2.42. The van der Waals surface area contributed by atoms with Crippen molar-refractivity contribution in [3.8, 4) is 5.75 Å². The molecule has 0 saturated heterocycles. The number of nitrogens with zero attached hydrogens (tertiary/aromatic N) is 1. The summed E-state index contributed by atoms with van der Waals surface area (Å²) in [5.74, 6) is 0.625. The van der Waals surface area contributed by atoms with E-state index in [-0.39, 0.29) is 0 Å². The first-order chi connectivity index (χ1) is 9.11. The quantitative estimate of drug-likeness (QED) is 0.915. The number of pyridine rings is 1. The van der Waals surface area contributed by atoms with E-state index in [0.717, 1.165) is 11.1 Å². The predicted molar refractivity (Wildman–Crippen MR) is 75.4 cm³/mol. The van der Waals surface area contributed by atoms with E-state index in [0.29, 0.717) is 12.2 Å². The monoisotopic (exact) mass is 257 g/mol. The molecule has 0 fully saturated rings. The van der Waals surface area contributed by atoms with Gasteiger partial charge >= 0.3 is 0 Å². The molecule has 3 heteroatoms. The Bertz CT molecular complexity index is 566. The van der Waals surface area contributed by atoms with Gasteiger partial charge in [0, 0.05) is 18.2 Å². The normalized spacial score (nSPS) is 12.2. The third-order valence-corrected chi connectivity index (χ3v) is 3.31. The number of aromatic nitrogens is 1. The fourth-order valence-corrected chi connectivity index (χ4v) is 2.18. The minimum Gasteiger partial charge on any atom is -0.495 e. The number of ether oxygens (including phenoxy) is 1. The van der Waals surface area contributed by atoms with E-state index in [1.165, 1.54) is 11.1 Å². The summed E-state index contributed by atoms with van der Waals surface area (Å²) in [4.78, 5) is 4.00. The van der Waals surface area contributed by atoms with Crippen molar-refractivity contribution in [2.45, 2.75) is 26.4 Å². The number of hydrogen-bond acceptors (Lipinski definition) is 3. The molecule has 0 aliphatic rings. The first-order valence-electron chi connectivity index (χ1n) is 6.34. The third-order valence-electron chi connectivity index (χ3n) is 3.31. The van der Waals surface area contributed by atoms with Gasteiger partial charge in [-0.2, -0.15) is 0 Å². The van der Waals surface area contributed by atoms with Crippen molar-refractivity contribution >= 4 is 0 Å². The maximum atomic E-state index is 10.4. The van der Waals surface area contributed by atoms with Crippen LogP contribution in [-0.2, 0) is 6.42 Å². The fourth-order valence-electron chi connectivity index (χ4n) is 2.18. The van der Waals surface area contributed by atoms with Gasteiger partial charge in [-0.3, -0.25) is 4.98 Å². The van der Waals surface area contributed by atoms with Gasteiger partial charge in [0.15, 0.2) is 0 Å². The van der Waals surface area contributed by atoms with E-state index in [1.807, 2.05) is 0 Å². The Morgan fingerprint density at radius 3 is 2.79 bits per heavy atom. The lowest BCUT2D eigenvalue weighted by Gasteiger charge is -2.16. The van der Waals surface area contributed by atoms with Crippen molar-refractivity contribution in [1.29, 1.82) is 0 Å². The van der Waals surface area contributed by atoms with Gasteiger partial charge in [0.05, 0.1) is 19.4 Å². The first kappa shape index (κ1) is 13.6. The molecule has 100 valence electrons. The van der Waals surface area contributed by atoms with Crippen molar-refractivity contribution in [3.05, 3.63) is 58.9 Å². The Kier molecular flexibility index (Phi) is 4.17. The Balaban J connectivity index is 2.25. The number of rotatable bonds is 4. The highest BCUT2D eigenvalue weighted by Gasteiger charge is 2.14. The van der Waals surface area contributed by atoms with Gasteiger partial charge in [-0.1, -0.05) is 23.8 Å². The van der Waals surface area contributed by atoms with E-state index >= 15 is 0 Å². The molecule has 0 radical (unpaired) electrons. The summed E-state index contributed by atoms with van der Waals surface area (Å²) in [6.07, 6.45) is 3.29. The Morgan fingerprint density at radius 1 is 1.26 bits per heavy atom. The molecule has 1 aromatic carbocycles. The predicted octanol–water partition coefficient (Wildman–Crippen LogP) is 2.98. The first-order valence-corrected chi connectivity index (χ1v) is 6.34. The van der Waals surface area contributed by atoms with Gasteiger partial charge in [-0.05, 0) is 31.0 Å². The topological polar surface area (TPSA) is 42.4 Å². The van der Waals surface area contributed by atoms with Crippen LogP contribution >= 0.6 is 0 Å². The highest BCUT2D eigenvalue weighted by molar-refractivity contribution is 5.36. The summed E-state index contributed by atoms with van der Waals surface area (Å²) in [5.41, 5.74) is 4.33. The Hall–Kier alpha value is -1.87. The van der Waals surface area contributed by atoms with Crippen molar-refractivity contribution < 1.29 is 9.84 Å². The van der Waals surface area contributed by atoms with E-state index in [1.54, 1.807) is 25.6 Å². The molecule has 0 bridgehead atoms. The molecule has 2 aromatic rings. The van der Waals surface area contributed by atoms with Gasteiger partial charge < -0.3 is 9.84 Å². The summed E-state index contributed by atoms with van der Waals surface area (Å²) < 4.78 is 5.24. The number of aliphatic hydroxyl groups is 1. The fraction of sp³-hybridized carbons (Fsp3) is 0.312. The summed E-state index contributed by atoms with van der Waals surface area (Å²) in [5, 5.41) is 10.4. The maximum absolute atomic E-state index is 10.4. The number of hydrogen-bond donors (Lipinski definition) is 1. The molecule has 3 nitrogen and oxygen atoms in total. The minimum absolute atomic E-state index is 0.577. The minimum atomic E-state index is -0.585. The Morgan fingerprint density at radius 2 is 2.05 bits per heavy atom. The molecule has 1 heterocycles. The molecule has 0 aliphatic carbocycles. The second-order valence-corrected chi connectivity index (χ2v) is 4.77. The molecule has 1 atom stereocenters. The van der Waals surface area contributed by atoms with Gasteiger partial charge in [-0.25, -0.2) is 0 Å². The summed E-state index contributed by atoms with van der Waals surface area (Å²) in [6.45, 7) is 4.12. The van der Waals surface area contributed by atoms with Crippen molar-refractivity contribution in [2.24, 2.45) is 0 Å². The van der Waals surface area contributed by atoms with Crippen molar-refractivity contribution in [1.82, 2.24) is 4.98 Å². The number of methoxy groups -OCH3 is 1. The van der Waals surface area contributed by atoms with Crippen LogP contribution in [0.1, 0.15) is 28.4 Å². The molecule has 19 heavy (non-hydrogen) atoms. The van der Waals surface area contributed by atoms with E-state index in [2.05, 4.69) is 37.0 Å². The van der Waals surface area contributed by atoms with Crippen molar-refractivity contribution in [3.63, 3.8) is 0 Å². The van der Waals surface area contributed by atoms with Gasteiger partial charge in [0.1, 0.15) is 5.75 Å². The molecule has 0 spiro atoms. The van der Waals surface area contributed by atoms with E-state index in [9.17, 15) is 5.11 Å². The maximum Gasteiger partial charge on any atom is 0.142 e.